The fourth-order valence-electron chi connectivity index (χ4n) is 7.95. The molecule has 0 aromatic carbocycles. The summed E-state index contributed by atoms with van der Waals surface area (Å²) in [5.41, 5.74) is 0. The second-order valence-electron chi connectivity index (χ2n) is 16.1. The maximum Gasteiger partial charge on any atom is 0.101 e. The number of unbranched alkanes of at least 4 members (excludes halogenated alkanes) is 34. The standard InChI is InChI=1S/C46H92N2/c1-4-7-10-13-16-18-20-22-23-24-25-27-29-31-34-37-40-43-48-45-44-47(42-39-36-33-15-12-9-6-3)46(48)41-38-35-32-30-28-26-21-19-17-14-11-8-5-2/h44-46H,4-43H2,1-3H3. The zero-order valence-corrected chi connectivity index (χ0v) is 33.9. The minimum absolute atomic E-state index is 0.638. The summed E-state index contributed by atoms with van der Waals surface area (Å²) >= 11 is 0. The molecular weight excluding hydrogens is 581 g/mol. The molecule has 2 nitrogen and oxygen atoms in total. The fourth-order valence-corrected chi connectivity index (χ4v) is 7.95. The van der Waals surface area contributed by atoms with Gasteiger partial charge in [-0.3, -0.25) is 0 Å². The highest BCUT2D eigenvalue weighted by molar-refractivity contribution is 4.97. The van der Waals surface area contributed by atoms with E-state index in [9.17, 15) is 0 Å². The van der Waals surface area contributed by atoms with E-state index in [1.807, 2.05) is 0 Å². The van der Waals surface area contributed by atoms with E-state index in [4.69, 9.17) is 0 Å². The summed E-state index contributed by atoms with van der Waals surface area (Å²) in [4.78, 5) is 5.45. The van der Waals surface area contributed by atoms with Crippen molar-refractivity contribution in [2.24, 2.45) is 0 Å². The molecular formula is C46H92N2. The molecule has 1 heterocycles. The van der Waals surface area contributed by atoms with Gasteiger partial charge in [-0.2, -0.15) is 0 Å². The maximum absolute atomic E-state index is 2.73. The molecule has 0 aliphatic carbocycles. The predicted molar refractivity (Wildman–Crippen MR) is 219 cm³/mol. The first-order valence-corrected chi connectivity index (χ1v) is 23.0. The van der Waals surface area contributed by atoms with E-state index in [2.05, 4.69) is 43.0 Å². The van der Waals surface area contributed by atoms with Crippen molar-refractivity contribution in [2.75, 3.05) is 13.1 Å². The zero-order chi connectivity index (χ0) is 34.4. The van der Waals surface area contributed by atoms with Crippen LogP contribution in [0.5, 0.6) is 0 Å². The fraction of sp³-hybridized carbons (Fsp3) is 0.957. The van der Waals surface area contributed by atoms with Crippen LogP contribution in [0.2, 0.25) is 0 Å². The van der Waals surface area contributed by atoms with Crippen molar-refractivity contribution in [3.63, 3.8) is 0 Å². The third kappa shape index (κ3) is 29.1. The number of rotatable bonds is 40. The molecule has 1 aliphatic rings. The van der Waals surface area contributed by atoms with Gasteiger partial charge >= 0.3 is 0 Å². The Bertz CT molecular complexity index is 630. The van der Waals surface area contributed by atoms with Gasteiger partial charge in [-0.15, -0.1) is 0 Å². The van der Waals surface area contributed by atoms with Gasteiger partial charge in [0.15, 0.2) is 0 Å². The van der Waals surface area contributed by atoms with Crippen molar-refractivity contribution < 1.29 is 0 Å². The van der Waals surface area contributed by atoms with Crippen LogP contribution in [0.15, 0.2) is 12.4 Å². The zero-order valence-electron chi connectivity index (χ0n) is 33.9. The molecule has 1 atom stereocenters. The topological polar surface area (TPSA) is 6.48 Å². The molecule has 286 valence electrons. The summed E-state index contributed by atoms with van der Waals surface area (Å²) in [5.74, 6) is 0. The van der Waals surface area contributed by atoms with Gasteiger partial charge in [-0.25, -0.2) is 0 Å². The summed E-state index contributed by atoms with van der Waals surface area (Å²) in [6, 6.07) is 0. The lowest BCUT2D eigenvalue weighted by Gasteiger charge is -2.33. The average molecular weight is 673 g/mol. The highest BCUT2D eigenvalue weighted by atomic mass is 15.4. The van der Waals surface area contributed by atoms with Crippen LogP contribution in [-0.2, 0) is 0 Å². The van der Waals surface area contributed by atoms with Crippen LogP contribution in [0.3, 0.4) is 0 Å². The molecule has 0 N–H and O–H groups in total. The lowest BCUT2D eigenvalue weighted by molar-refractivity contribution is 0.135. The first kappa shape index (κ1) is 45.4. The average Bonchev–Trinajstić information content (AvgIpc) is 3.48. The second kappa shape index (κ2) is 37.6. The normalized spacial score (nSPS) is 14.6. The van der Waals surface area contributed by atoms with E-state index in [1.54, 1.807) is 0 Å². The molecule has 2 heteroatoms. The lowest BCUT2D eigenvalue weighted by Crippen LogP contribution is -2.39. The maximum atomic E-state index is 2.73. The summed E-state index contributed by atoms with van der Waals surface area (Å²) in [7, 11) is 0. The lowest BCUT2D eigenvalue weighted by atomic mass is 10.0. The van der Waals surface area contributed by atoms with Crippen LogP contribution < -0.4 is 0 Å². The van der Waals surface area contributed by atoms with Crippen molar-refractivity contribution in [1.82, 2.24) is 9.80 Å². The Kier molecular flexibility index (Phi) is 35.5. The minimum Gasteiger partial charge on any atom is -0.356 e. The van der Waals surface area contributed by atoms with E-state index in [1.165, 1.54) is 257 Å². The van der Waals surface area contributed by atoms with Crippen LogP contribution >= 0.6 is 0 Å². The van der Waals surface area contributed by atoms with Gasteiger partial charge in [-0.05, 0) is 25.7 Å². The molecule has 0 amide bonds. The summed E-state index contributed by atoms with van der Waals surface area (Å²) < 4.78 is 0. The van der Waals surface area contributed by atoms with Crippen LogP contribution in [0, 0.1) is 0 Å². The van der Waals surface area contributed by atoms with E-state index in [-0.39, 0.29) is 0 Å². The quantitative estimate of drug-likeness (QED) is 0.0598. The van der Waals surface area contributed by atoms with E-state index >= 15 is 0 Å². The van der Waals surface area contributed by atoms with Crippen molar-refractivity contribution in [2.45, 2.75) is 271 Å². The predicted octanol–water partition coefficient (Wildman–Crippen LogP) is 16.3. The van der Waals surface area contributed by atoms with E-state index < -0.39 is 0 Å². The summed E-state index contributed by atoms with van der Waals surface area (Å²) in [6.07, 6.45) is 60.4. The van der Waals surface area contributed by atoms with Gasteiger partial charge in [-0.1, -0.05) is 239 Å². The summed E-state index contributed by atoms with van der Waals surface area (Å²) in [5, 5.41) is 0. The van der Waals surface area contributed by atoms with Crippen LogP contribution in [0.4, 0.5) is 0 Å². The molecule has 0 fully saturated rings. The van der Waals surface area contributed by atoms with Crippen LogP contribution in [-0.4, -0.2) is 29.1 Å². The second-order valence-corrected chi connectivity index (χ2v) is 16.1. The Morgan fingerprint density at radius 2 is 0.479 bits per heavy atom. The van der Waals surface area contributed by atoms with Crippen molar-refractivity contribution in [3.05, 3.63) is 12.4 Å². The molecule has 1 unspecified atom stereocenters. The van der Waals surface area contributed by atoms with Crippen molar-refractivity contribution >= 4 is 0 Å². The molecule has 0 saturated heterocycles. The van der Waals surface area contributed by atoms with Gasteiger partial charge in [0.2, 0.25) is 0 Å². The van der Waals surface area contributed by atoms with Gasteiger partial charge in [0.1, 0.15) is 6.17 Å². The molecule has 1 rings (SSSR count). The SMILES string of the molecule is CCCCCCCCCCCCCCCCCCCN1C=CN(CCCCCCCCC)C1CCCCCCCCCCCCCCC. The number of hydrogen-bond donors (Lipinski definition) is 0. The molecule has 1 aliphatic heterocycles. The Balaban J connectivity index is 2.14. The van der Waals surface area contributed by atoms with Crippen LogP contribution in [0.25, 0.3) is 0 Å². The van der Waals surface area contributed by atoms with Crippen molar-refractivity contribution in [1.29, 1.82) is 0 Å². The number of nitrogens with zero attached hydrogens (tertiary/aromatic N) is 2. The van der Waals surface area contributed by atoms with Gasteiger partial charge < -0.3 is 9.80 Å². The molecule has 0 aromatic heterocycles. The van der Waals surface area contributed by atoms with Crippen LogP contribution in [0.1, 0.15) is 265 Å². The Morgan fingerprint density at radius 1 is 0.271 bits per heavy atom. The largest absolute Gasteiger partial charge is 0.356 e. The summed E-state index contributed by atoms with van der Waals surface area (Å²) in [6.45, 7) is 9.49. The Labute approximate surface area is 305 Å². The molecule has 0 radical (unpaired) electrons. The third-order valence-electron chi connectivity index (χ3n) is 11.3. The van der Waals surface area contributed by atoms with E-state index in [0.29, 0.717) is 6.17 Å². The molecule has 0 saturated carbocycles. The Morgan fingerprint density at radius 3 is 0.729 bits per heavy atom. The minimum atomic E-state index is 0.638. The molecule has 0 bridgehead atoms. The smallest absolute Gasteiger partial charge is 0.101 e. The van der Waals surface area contributed by atoms with Gasteiger partial charge in [0.05, 0.1) is 0 Å². The van der Waals surface area contributed by atoms with E-state index in [0.717, 1.165) is 0 Å². The highest BCUT2D eigenvalue weighted by Gasteiger charge is 2.24. The van der Waals surface area contributed by atoms with Gasteiger partial charge in [0, 0.05) is 25.5 Å². The molecule has 0 spiro atoms. The Hall–Kier alpha value is -0.660. The number of hydrogen-bond acceptors (Lipinski definition) is 2. The first-order chi connectivity index (χ1) is 23.8. The molecule has 0 aromatic rings. The van der Waals surface area contributed by atoms with Gasteiger partial charge in [0.25, 0.3) is 0 Å². The monoisotopic (exact) mass is 673 g/mol. The van der Waals surface area contributed by atoms with Crippen molar-refractivity contribution in [3.8, 4) is 0 Å². The third-order valence-corrected chi connectivity index (χ3v) is 11.3. The highest BCUT2D eigenvalue weighted by Crippen LogP contribution is 2.24. The first-order valence-electron chi connectivity index (χ1n) is 23.0. The molecule has 48 heavy (non-hydrogen) atoms.